The highest BCUT2D eigenvalue weighted by atomic mass is 16.5. The Bertz CT molecular complexity index is 346. The van der Waals surface area contributed by atoms with Crippen LogP contribution in [-0.4, -0.2) is 31.1 Å². The third-order valence-corrected chi connectivity index (χ3v) is 3.87. The van der Waals surface area contributed by atoms with Crippen molar-refractivity contribution in [1.82, 2.24) is 4.90 Å². The molecule has 1 aliphatic heterocycles. The fourth-order valence-corrected chi connectivity index (χ4v) is 2.56. The first-order valence-electron chi connectivity index (χ1n) is 5.98. The summed E-state index contributed by atoms with van der Waals surface area (Å²) < 4.78 is 5.18. The molecule has 1 saturated heterocycles. The summed E-state index contributed by atoms with van der Waals surface area (Å²) >= 11 is 0. The van der Waals surface area contributed by atoms with Crippen LogP contribution in [0.15, 0.2) is 24.3 Å². The Labute approximate surface area is 98.2 Å². The Morgan fingerprint density at radius 3 is 2.50 bits per heavy atom. The molecule has 0 bridgehead atoms. The van der Waals surface area contributed by atoms with Gasteiger partial charge in [-0.1, -0.05) is 12.1 Å². The molecule has 1 atom stereocenters. The number of likely N-dealkylation sites (N-methyl/N-ethyl adjacent to an activating group) is 1. The Hall–Kier alpha value is -1.02. The van der Waals surface area contributed by atoms with E-state index in [1.807, 2.05) is 12.1 Å². The number of methoxy groups -OCH3 is 1. The van der Waals surface area contributed by atoms with Crippen molar-refractivity contribution in [3.8, 4) is 5.75 Å². The van der Waals surface area contributed by atoms with Crippen molar-refractivity contribution in [1.29, 1.82) is 0 Å². The maximum atomic E-state index is 5.18. The van der Waals surface area contributed by atoms with E-state index in [0.29, 0.717) is 5.54 Å². The van der Waals surface area contributed by atoms with Crippen molar-refractivity contribution < 1.29 is 4.74 Å². The molecule has 0 aliphatic carbocycles. The van der Waals surface area contributed by atoms with Gasteiger partial charge in [-0.15, -0.1) is 0 Å². The van der Waals surface area contributed by atoms with Crippen molar-refractivity contribution in [2.75, 3.05) is 20.7 Å². The number of benzene rings is 1. The SMILES string of the molecule is COc1ccc(CC2(C)CCCN2C)cc1. The molecule has 1 fully saturated rings. The van der Waals surface area contributed by atoms with Crippen LogP contribution in [0.2, 0.25) is 0 Å². The van der Waals surface area contributed by atoms with Crippen molar-refractivity contribution >= 4 is 0 Å². The maximum absolute atomic E-state index is 5.18. The predicted molar refractivity (Wildman–Crippen MR) is 67.0 cm³/mol. The van der Waals surface area contributed by atoms with Crippen molar-refractivity contribution in [2.24, 2.45) is 0 Å². The summed E-state index contributed by atoms with van der Waals surface area (Å²) in [5.74, 6) is 0.939. The minimum atomic E-state index is 0.342. The molecular formula is C14H21NO. The van der Waals surface area contributed by atoms with Gasteiger partial charge in [0.25, 0.3) is 0 Å². The van der Waals surface area contributed by atoms with Crippen LogP contribution in [0.3, 0.4) is 0 Å². The van der Waals surface area contributed by atoms with E-state index in [0.717, 1.165) is 12.2 Å². The summed E-state index contributed by atoms with van der Waals surface area (Å²) in [7, 11) is 3.94. The summed E-state index contributed by atoms with van der Waals surface area (Å²) in [6.45, 7) is 3.59. The average molecular weight is 219 g/mol. The van der Waals surface area contributed by atoms with Gasteiger partial charge in [-0.2, -0.15) is 0 Å². The minimum Gasteiger partial charge on any atom is -0.497 e. The number of rotatable bonds is 3. The lowest BCUT2D eigenvalue weighted by Gasteiger charge is -2.32. The van der Waals surface area contributed by atoms with Gasteiger partial charge >= 0.3 is 0 Å². The molecule has 0 saturated carbocycles. The van der Waals surface area contributed by atoms with Crippen LogP contribution in [0.5, 0.6) is 5.75 Å². The molecule has 2 rings (SSSR count). The van der Waals surface area contributed by atoms with E-state index < -0.39 is 0 Å². The second-order valence-electron chi connectivity index (χ2n) is 5.05. The molecular weight excluding hydrogens is 198 g/mol. The van der Waals surface area contributed by atoms with Gasteiger partial charge < -0.3 is 9.64 Å². The van der Waals surface area contributed by atoms with Crippen LogP contribution in [0.1, 0.15) is 25.3 Å². The first kappa shape index (κ1) is 11.5. The summed E-state index contributed by atoms with van der Waals surface area (Å²) in [6.07, 6.45) is 3.76. The topological polar surface area (TPSA) is 12.5 Å². The van der Waals surface area contributed by atoms with Crippen LogP contribution in [0, 0.1) is 0 Å². The van der Waals surface area contributed by atoms with Gasteiger partial charge in [0.1, 0.15) is 5.75 Å². The molecule has 1 unspecified atom stereocenters. The Balaban J connectivity index is 2.08. The molecule has 0 aromatic heterocycles. The quantitative estimate of drug-likeness (QED) is 0.775. The maximum Gasteiger partial charge on any atom is 0.118 e. The Morgan fingerprint density at radius 2 is 2.00 bits per heavy atom. The van der Waals surface area contributed by atoms with Gasteiger partial charge in [0.15, 0.2) is 0 Å². The molecule has 0 N–H and O–H groups in total. The molecule has 1 aromatic carbocycles. The third-order valence-electron chi connectivity index (χ3n) is 3.87. The molecule has 1 heterocycles. The fourth-order valence-electron chi connectivity index (χ4n) is 2.56. The van der Waals surface area contributed by atoms with Gasteiger partial charge in [0.05, 0.1) is 7.11 Å². The normalized spacial score (nSPS) is 25.9. The minimum absolute atomic E-state index is 0.342. The van der Waals surface area contributed by atoms with Crippen LogP contribution in [0.4, 0.5) is 0 Å². The van der Waals surface area contributed by atoms with E-state index in [9.17, 15) is 0 Å². The lowest BCUT2D eigenvalue weighted by Crippen LogP contribution is -2.40. The zero-order chi connectivity index (χ0) is 11.6. The Morgan fingerprint density at radius 1 is 1.31 bits per heavy atom. The average Bonchev–Trinajstić information content (AvgIpc) is 2.60. The van der Waals surface area contributed by atoms with Gasteiger partial charge in [0, 0.05) is 5.54 Å². The molecule has 2 nitrogen and oxygen atoms in total. The van der Waals surface area contributed by atoms with Gasteiger partial charge in [-0.3, -0.25) is 0 Å². The number of hydrogen-bond donors (Lipinski definition) is 0. The second-order valence-corrected chi connectivity index (χ2v) is 5.05. The first-order chi connectivity index (χ1) is 7.64. The first-order valence-corrected chi connectivity index (χ1v) is 5.98. The largest absolute Gasteiger partial charge is 0.497 e. The van der Waals surface area contributed by atoms with Crippen LogP contribution < -0.4 is 4.74 Å². The van der Waals surface area contributed by atoms with Gasteiger partial charge in [0.2, 0.25) is 0 Å². The number of nitrogens with zero attached hydrogens (tertiary/aromatic N) is 1. The van der Waals surface area contributed by atoms with E-state index in [-0.39, 0.29) is 0 Å². The number of likely N-dealkylation sites (tertiary alicyclic amines) is 1. The lowest BCUT2D eigenvalue weighted by atomic mass is 9.90. The summed E-state index contributed by atoms with van der Waals surface area (Å²) in [5.41, 5.74) is 1.74. The van der Waals surface area contributed by atoms with Crippen molar-refractivity contribution in [2.45, 2.75) is 31.7 Å². The van der Waals surface area contributed by atoms with Crippen LogP contribution in [-0.2, 0) is 6.42 Å². The zero-order valence-electron chi connectivity index (χ0n) is 10.5. The molecule has 88 valence electrons. The highest BCUT2D eigenvalue weighted by molar-refractivity contribution is 5.28. The van der Waals surface area contributed by atoms with E-state index in [4.69, 9.17) is 4.74 Å². The molecule has 0 spiro atoms. The summed E-state index contributed by atoms with van der Waals surface area (Å²) in [5, 5.41) is 0. The summed E-state index contributed by atoms with van der Waals surface area (Å²) in [4.78, 5) is 2.48. The van der Waals surface area contributed by atoms with Crippen LogP contribution >= 0.6 is 0 Å². The van der Waals surface area contributed by atoms with E-state index in [2.05, 4.69) is 31.0 Å². The molecule has 1 aromatic rings. The second kappa shape index (κ2) is 4.46. The monoisotopic (exact) mass is 219 g/mol. The third kappa shape index (κ3) is 2.22. The van der Waals surface area contributed by atoms with Crippen LogP contribution in [0.25, 0.3) is 0 Å². The van der Waals surface area contributed by atoms with E-state index in [1.54, 1.807) is 7.11 Å². The van der Waals surface area contributed by atoms with Gasteiger partial charge in [-0.05, 0) is 57.5 Å². The Kier molecular flexibility index (Phi) is 3.20. The number of ether oxygens (including phenoxy) is 1. The van der Waals surface area contributed by atoms with Crippen molar-refractivity contribution in [3.05, 3.63) is 29.8 Å². The molecule has 0 amide bonds. The zero-order valence-corrected chi connectivity index (χ0v) is 10.5. The lowest BCUT2D eigenvalue weighted by molar-refractivity contribution is 0.195. The highest BCUT2D eigenvalue weighted by Crippen LogP contribution is 2.31. The molecule has 16 heavy (non-hydrogen) atoms. The van der Waals surface area contributed by atoms with Gasteiger partial charge in [-0.25, -0.2) is 0 Å². The standard InChI is InChI=1S/C14H21NO/c1-14(9-4-10-15(14)2)11-12-5-7-13(16-3)8-6-12/h5-8H,4,9-11H2,1-3H3. The summed E-state index contributed by atoms with van der Waals surface area (Å²) in [6, 6.07) is 8.45. The smallest absolute Gasteiger partial charge is 0.118 e. The predicted octanol–water partition coefficient (Wildman–Crippen LogP) is 2.72. The highest BCUT2D eigenvalue weighted by Gasteiger charge is 2.33. The van der Waals surface area contributed by atoms with E-state index in [1.165, 1.54) is 24.9 Å². The molecule has 1 aliphatic rings. The number of hydrogen-bond acceptors (Lipinski definition) is 2. The van der Waals surface area contributed by atoms with Crippen molar-refractivity contribution in [3.63, 3.8) is 0 Å². The molecule has 2 heteroatoms. The fraction of sp³-hybridized carbons (Fsp3) is 0.571. The van der Waals surface area contributed by atoms with E-state index >= 15 is 0 Å². The molecule has 0 radical (unpaired) electrons.